The van der Waals surface area contributed by atoms with Crippen molar-refractivity contribution in [2.45, 2.75) is 59.0 Å². The summed E-state index contributed by atoms with van der Waals surface area (Å²) < 4.78 is 0. The highest BCUT2D eigenvalue weighted by Gasteiger charge is 2.22. The van der Waals surface area contributed by atoms with Crippen molar-refractivity contribution < 1.29 is 0 Å². The molecule has 1 saturated carbocycles. The van der Waals surface area contributed by atoms with Crippen molar-refractivity contribution in [2.75, 3.05) is 0 Å². The number of aryl methyl sites for hydroxylation is 1. The molecule has 2 aromatic heterocycles. The number of nitrogens with one attached hydrogen (secondary N) is 1. The van der Waals surface area contributed by atoms with E-state index in [9.17, 15) is 0 Å². The molecule has 0 bridgehead atoms. The van der Waals surface area contributed by atoms with E-state index in [0.29, 0.717) is 5.92 Å². The fourth-order valence-electron chi connectivity index (χ4n) is 2.33. The lowest BCUT2D eigenvalue weighted by Crippen LogP contribution is -2.15. The fraction of sp³-hybridized carbons (Fsp3) is 0.625. The van der Waals surface area contributed by atoms with Crippen LogP contribution in [-0.4, -0.2) is 16.0 Å². The van der Waals surface area contributed by atoms with Crippen LogP contribution in [0.2, 0.25) is 0 Å². The van der Waals surface area contributed by atoms with Crippen LogP contribution in [0.15, 0.2) is 5.38 Å². The van der Waals surface area contributed by atoms with Crippen molar-refractivity contribution in [3.8, 4) is 0 Å². The molecule has 1 aliphatic carbocycles. The molecule has 0 saturated heterocycles. The Morgan fingerprint density at radius 3 is 2.71 bits per heavy atom. The first-order chi connectivity index (χ1) is 10.1. The van der Waals surface area contributed by atoms with Gasteiger partial charge >= 0.3 is 0 Å². The van der Waals surface area contributed by atoms with Gasteiger partial charge in [0.05, 0.1) is 22.1 Å². The molecule has 2 aromatic rings. The molecule has 0 spiro atoms. The van der Waals surface area contributed by atoms with Crippen molar-refractivity contribution in [1.82, 2.24) is 15.3 Å². The Hall–Kier alpha value is -0.780. The lowest BCUT2D eigenvalue weighted by molar-refractivity contribution is 0.623. The first-order valence-electron chi connectivity index (χ1n) is 7.72. The number of nitrogens with zero attached hydrogens (tertiary/aromatic N) is 2. The van der Waals surface area contributed by atoms with Crippen LogP contribution in [0.5, 0.6) is 0 Å². The van der Waals surface area contributed by atoms with E-state index in [4.69, 9.17) is 4.98 Å². The quantitative estimate of drug-likeness (QED) is 0.839. The van der Waals surface area contributed by atoms with Gasteiger partial charge in [0, 0.05) is 28.5 Å². The Labute approximate surface area is 134 Å². The second-order valence-corrected chi connectivity index (χ2v) is 8.40. The van der Waals surface area contributed by atoms with E-state index in [2.05, 4.69) is 36.5 Å². The zero-order valence-corrected chi connectivity index (χ0v) is 14.6. The third-order valence-corrected chi connectivity index (χ3v) is 5.59. The molecule has 0 unspecified atom stereocenters. The highest BCUT2D eigenvalue weighted by Crippen LogP contribution is 2.26. The summed E-state index contributed by atoms with van der Waals surface area (Å²) in [5.74, 6) is 0.654. The Morgan fingerprint density at radius 2 is 2.10 bits per heavy atom. The highest BCUT2D eigenvalue weighted by atomic mass is 32.1. The number of hydrogen-bond acceptors (Lipinski definition) is 5. The van der Waals surface area contributed by atoms with Gasteiger partial charge in [0.25, 0.3) is 0 Å². The number of aromatic nitrogens is 2. The van der Waals surface area contributed by atoms with Gasteiger partial charge in [0.15, 0.2) is 0 Å². The van der Waals surface area contributed by atoms with Gasteiger partial charge in [-0.15, -0.1) is 22.7 Å². The molecular formula is C16H23N3S2. The van der Waals surface area contributed by atoms with E-state index in [1.165, 1.54) is 33.4 Å². The third kappa shape index (κ3) is 4.34. The van der Waals surface area contributed by atoms with Gasteiger partial charge in [-0.2, -0.15) is 0 Å². The summed E-state index contributed by atoms with van der Waals surface area (Å²) in [6.07, 6.45) is 4.64. The SMILES string of the molecule is Cc1csc(Cc2nc(CC(C)C)c(CNC3CC3)s2)n1. The molecule has 0 aromatic carbocycles. The van der Waals surface area contributed by atoms with E-state index in [0.717, 1.165) is 31.1 Å². The lowest BCUT2D eigenvalue weighted by atomic mass is 10.1. The van der Waals surface area contributed by atoms with Gasteiger partial charge in [-0.05, 0) is 32.1 Å². The summed E-state index contributed by atoms with van der Waals surface area (Å²) >= 11 is 3.61. The summed E-state index contributed by atoms with van der Waals surface area (Å²) in [4.78, 5) is 10.9. The minimum atomic E-state index is 0.654. The molecular weight excluding hydrogens is 298 g/mol. The van der Waals surface area contributed by atoms with Crippen LogP contribution < -0.4 is 5.32 Å². The first kappa shape index (κ1) is 15.1. The molecule has 3 nitrogen and oxygen atoms in total. The van der Waals surface area contributed by atoms with Crippen LogP contribution in [0.1, 0.15) is 53.0 Å². The van der Waals surface area contributed by atoms with Crippen LogP contribution in [-0.2, 0) is 19.4 Å². The molecule has 2 heterocycles. The van der Waals surface area contributed by atoms with E-state index < -0.39 is 0 Å². The van der Waals surface area contributed by atoms with Gasteiger partial charge < -0.3 is 5.32 Å². The molecule has 1 aliphatic rings. The van der Waals surface area contributed by atoms with Gasteiger partial charge in [-0.1, -0.05) is 13.8 Å². The molecule has 1 N–H and O–H groups in total. The summed E-state index contributed by atoms with van der Waals surface area (Å²) in [6.45, 7) is 7.57. The molecule has 0 amide bonds. The molecule has 5 heteroatoms. The second kappa shape index (κ2) is 6.55. The van der Waals surface area contributed by atoms with Crippen molar-refractivity contribution in [3.63, 3.8) is 0 Å². The monoisotopic (exact) mass is 321 g/mol. The predicted octanol–water partition coefficient (Wildman–Crippen LogP) is 3.95. The van der Waals surface area contributed by atoms with Gasteiger partial charge in [0.1, 0.15) is 0 Å². The summed E-state index contributed by atoms with van der Waals surface area (Å²) in [5.41, 5.74) is 2.41. The summed E-state index contributed by atoms with van der Waals surface area (Å²) in [7, 11) is 0. The van der Waals surface area contributed by atoms with Crippen LogP contribution in [0.3, 0.4) is 0 Å². The fourth-order valence-corrected chi connectivity index (χ4v) is 4.25. The van der Waals surface area contributed by atoms with Gasteiger partial charge in [0.2, 0.25) is 0 Å². The number of hydrogen-bond donors (Lipinski definition) is 1. The van der Waals surface area contributed by atoms with Crippen molar-refractivity contribution in [1.29, 1.82) is 0 Å². The van der Waals surface area contributed by atoms with Crippen LogP contribution >= 0.6 is 22.7 Å². The average Bonchev–Trinajstić information content (AvgIpc) is 3.05. The first-order valence-corrected chi connectivity index (χ1v) is 9.41. The molecule has 0 aliphatic heterocycles. The predicted molar refractivity (Wildman–Crippen MR) is 90.2 cm³/mol. The lowest BCUT2D eigenvalue weighted by Gasteiger charge is -2.05. The Morgan fingerprint density at radius 1 is 1.29 bits per heavy atom. The highest BCUT2D eigenvalue weighted by molar-refractivity contribution is 7.12. The second-order valence-electron chi connectivity index (χ2n) is 6.29. The zero-order chi connectivity index (χ0) is 14.8. The van der Waals surface area contributed by atoms with Crippen molar-refractivity contribution >= 4 is 22.7 Å². The minimum Gasteiger partial charge on any atom is -0.309 e. The number of rotatable bonds is 7. The minimum absolute atomic E-state index is 0.654. The van der Waals surface area contributed by atoms with Crippen LogP contribution in [0.4, 0.5) is 0 Å². The molecule has 1 fully saturated rings. The normalized spacial score (nSPS) is 15.0. The van der Waals surface area contributed by atoms with E-state index in [1.54, 1.807) is 11.3 Å². The van der Waals surface area contributed by atoms with Gasteiger partial charge in [-0.3, -0.25) is 0 Å². The summed E-state index contributed by atoms with van der Waals surface area (Å²) in [5, 5.41) is 8.14. The average molecular weight is 322 g/mol. The smallest absolute Gasteiger partial charge is 0.0999 e. The number of thiazole rings is 2. The Kier molecular flexibility index (Phi) is 4.72. The van der Waals surface area contributed by atoms with Crippen molar-refractivity contribution in [3.05, 3.63) is 31.7 Å². The molecule has 0 radical (unpaired) electrons. The largest absolute Gasteiger partial charge is 0.309 e. The summed E-state index contributed by atoms with van der Waals surface area (Å²) in [6, 6.07) is 0.754. The molecule has 0 atom stereocenters. The van der Waals surface area contributed by atoms with Crippen LogP contribution in [0, 0.1) is 12.8 Å². The van der Waals surface area contributed by atoms with Gasteiger partial charge in [-0.25, -0.2) is 9.97 Å². The van der Waals surface area contributed by atoms with E-state index in [1.807, 2.05) is 11.3 Å². The van der Waals surface area contributed by atoms with Crippen molar-refractivity contribution in [2.24, 2.45) is 5.92 Å². The third-order valence-electron chi connectivity index (χ3n) is 3.52. The molecule has 114 valence electrons. The molecule has 21 heavy (non-hydrogen) atoms. The maximum absolute atomic E-state index is 4.90. The maximum atomic E-state index is 4.90. The van der Waals surface area contributed by atoms with E-state index >= 15 is 0 Å². The topological polar surface area (TPSA) is 37.8 Å². The van der Waals surface area contributed by atoms with E-state index in [-0.39, 0.29) is 0 Å². The zero-order valence-electron chi connectivity index (χ0n) is 13.0. The standard InChI is InChI=1S/C16H23N3S2/c1-10(2)6-13-14(8-17-12-4-5-12)21-16(19-13)7-15-18-11(3)9-20-15/h9-10,12,17H,4-8H2,1-3H3. The Bertz CT molecular complexity index is 596. The molecule has 3 rings (SSSR count). The maximum Gasteiger partial charge on any atom is 0.0999 e. The van der Waals surface area contributed by atoms with Crippen LogP contribution in [0.25, 0.3) is 0 Å². The Balaban J connectivity index is 1.73.